The molecule has 0 bridgehead atoms. The number of carbonyl (C=O) groups excluding carboxylic acids is 3. The van der Waals surface area contributed by atoms with Crippen LogP contribution in [0.5, 0.6) is 0 Å². The Balaban J connectivity index is 1.48. The second-order valence-corrected chi connectivity index (χ2v) is 7.75. The number of rotatable bonds is 6. The first-order chi connectivity index (χ1) is 13.6. The topological polar surface area (TPSA) is 79.4 Å². The third-order valence-corrected chi connectivity index (χ3v) is 5.74. The van der Waals surface area contributed by atoms with Gasteiger partial charge in [-0.25, -0.2) is 4.98 Å². The van der Waals surface area contributed by atoms with E-state index in [1.54, 1.807) is 12.1 Å². The molecule has 0 saturated heterocycles. The van der Waals surface area contributed by atoms with E-state index in [1.807, 2.05) is 31.2 Å². The number of para-hydroxylation sites is 1. The predicted molar refractivity (Wildman–Crippen MR) is 108 cm³/mol. The summed E-state index contributed by atoms with van der Waals surface area (Å²) in [5.41, 5.74) is 1.93. The fourth-order valence-electron chi connectivity index (χ4n) is 3.20. The van der Waals surface area contributed by atoms with Gasteiger partial charge in [-0.2, -0.15) is 0 Å². The quantitative estimate of drug-likeness (QED) is 0.649. The van der Waals surface area contributed by atoms with E-state index in [2.05, 4.69) is 10.3 Å². The molecule has 2 aromatic carbocycles. The van der Waals surface area contributed by atoms with Gasteiger partial charge < -0.3 is 5.32 Å². The molecular formula is C21H19N3O3S. The molecule has 6 nitrogen and oxygen atoms in total. The van der Waals surface area contributed by atoms with Crippen molar-refractivity contribution in [1.82, 2.24) is 15.2 Å². The molecule has 3 aromatic rings. The molecule has 0 saturated carbocycles. The van der Waals surface area contributed by atoms with Gasteiger partial charge in [0.05, 0.1) is 27.9 Å². The Morgan fingerprint density at radius 2 is 1.89 bits per heavy atom. The standard InChI is InChI=1S/C21H19N3O3S/c1-2-3-10-24-20(26)14-9-8-13(11-15(14)21(24)27)19(25)22-12-18-23-16-6-4-5-7-17(16)28-18/h4-9,11H,2-3,10,12H2,1H3,(H,22,25). The lowest BCUT2D eigenvalue weighted by atomic mass is 10.1. The predicted octanol–water partition coefficient (Wildman–Crippen LogP) is 3.62. The van der Waals surface area contributed by atoms with Gasteiger partial charge in [0.1, 0.15) is 5.01 Å². The summed E-state index contributed by atoms with van der Waals surface area (Å²) in [4.78, 5) is 43.2. The highest BCUT2D eigenvalue weighted by Gasteiger charge is 2.35. The first kappa shape index (κ1) is 18.3. The lowest BCUT2D eigenvalue weighted by Gasteiger charge is -2.12. The van der Waals surface area contributed by atoms with Crippen molar-refractivity contribution in [3.63, 3.8) is 0 Å². The van der Waals surface area contributed by atoms with Crippen molar-refractivity contribution in [3.8, 4) is 0 Å². The van der Waals surface area contributed by atoms with Crippen LogP contribution in [0.1, 0.15) is 55.8 Å². The van der Waals surface area contributed by atoms with E-state index in [4.69, 9.17) is 0 Å². The highest BCUT2D eigenvalue weighted by Crippen LogP contribution is 2.25. The van der Waals surface area contributed by atoms with Gasteiger partial charge in [0.15, 0.2) is 0 Å². The molecule has 7 heteroatoms. The molecule has 28 heavy (non-hydrogen) atoms. The van der Waals surface area contributed by atoms with E-state index < -0.39 is 0 Å². The van der Waals surface area contributed by atoms with E-state index in [0.29, 0.717) is 29.8 Å². The number of hydrogen-bond acceptors (Lipinski definition) is 5. The molecular weight excluding hydrogens is 374 g/mol. The van der Waals surface area contributed by atoms with E-state index in [9.17, 15) is 14.4 Å². The van der Waals surface area contributed by atoms with Crippen LogP contribution in [0.2, 0.25) is 0 Å². The summed E-state index contributed by atoms with van der Waals surface area (Å²) in [5.74, 6) is -0.904. The zero-order valence-corrected chi connectivity index (χ0v) is 16.2. The van der Waals surface area contributed by atoms with E-state index in [0.717, 1.165) is 28.1 Å². The third kappa shape index (κ3) is 3.29. The van der Waals surface area contributed by atoms with Crippen LogP contribution in [-0.2, 0) is 6.54 Å². The van der Waals surface area contributed by atoms with Crippen molar-refractivity contribution < 1.29 is 14.4 Å². The molecule has 1 aliphatic heterocycles. The van der Waals surface area contributed by atoms with Crippen molar-refractivity contribution in [2.75, 3.05) is 6.54 Å². The first-order valence-corrected chi connectivity index (χ1v) is 10.0. The largest absolute Gasteiger partial charge is 0.346 e. The molecule has 0 aliphatic carbocycles. The number of amides is 3. The summed E-state index contributed by atoms with van der Waals surface area (Å²) in [7, 11) is 0. The van der Waals surface area contributed by atoms with Crippen molar-refractivity contribution >= 4 is 39.3 Å². The van der Waals surface area contributed by atoms with Crippen LogP contribution in [0.3, 0.4) is 0 Å². The highest BCUT2D eigenvalue weighted by molar-refractivity contribution is 7.18. The average Bonchev–Trinajstić information content (AvgIpc) is 3.23. The molecule has 0 atom stereocenters. The summed E-state index contributed by atoms with van der Waals surface area (Å²) >= 11 is 1.53. The van der Waals surface area contributed by atoms with Gasteiger partial charge in [0.25, 0.3) is 17.7 Å². The summed E-state index contributed by atoms with van der Waals surface area (Å²) in [6.45, 7) is 2.72. The van der Waals surface area contributed by atoms with E-state index in [1.165, 1.54) is 22.3 Å². The second kappa shape index (κ2) is 7.52. The Bertz CT molecular complexity index is 1060. The molecule has 1 N–H and O–H groups in total. The van der Waals surface area contributed by atoms with Crippen LogP contribution in [0, 0.1) is 0 Å². The lowest BCUT2D eigenvalue weighted by molar-refractivity contribution is 0.0652. The average molecular weight is 393 g/mol. The summed E-state index contributed by atoms with van der Waals surface area (Å²) in [6, 6.07) is 12.5. The maximum absolute atomic E-state index is 12.5. The summed E-state index contributed by atoms with van der Waals surface area (Å²) < 4.78 is 1.07. The number of nitrogens with zero attached hydrogens (tertiary/aromatic N) is 2. The minimum atomic E-state index is -0.325. The van der Waals surface area contributed by atoms with Gasteiger partial charge in [0.2, 0.25) is 0 Å². The molecule has 0 fully saturated rings. The highest BCUT2D eigenvalue weighted by atomic mass is 32.1. The SMILES string of the molecule is CCCCN1C(=O)c2ccc(C(=O)NCc3nc4ccccc4s3)cc2C1=O. The van der Waals surface area contributed by atoms with Gasteiger partial charge in [-0.05, 0) is 36.8 Å². The zero-order chi connectivity index (χ0) is 19.7. The smallest absolute Gasteiger partial charge is 0.261 e. The Labute approximate surface area is 166 Å². The van der Waals surface area contributed by atoms with Crippen LogP contribution in [0.25, 0.3) is 10.2 Å². The molecule has 0 unspecified atom stereocenters. The van der Waals surface area contributed by atoms with E-state index >= 15 is 0 Å². The molecule has 142 valence electrons. The minimum Gasteiger partial charge on any atom is -0.346 e. The van der Waals surface area contributed by atoms with Crippen molar-refractivity contribution in [1.29, 1.82) is 0 Å². The Hall–Kier alpha value is -3.06. The molecule has 0 radical (unpaired) electrons. The number of unbranched alkanes of at least 4 members (excludes halogenated alkanes) is 1. The number of fused-ring (bicyclic) bond motifs is 2. The van der Waals surface area contributed by atoms with Gasteiger partial charge in [-0.3, -0.25) is 19.3 Å². The molecule has 0 spiro atoms. The Morgan fingerprint density at radius 1 is 1.11 bits per heavy atom. The maximum atomic E-state index is 12.5. The van der Waals surface area contributed by atoms with Crippen LogP contribution in [-0.4, -0.2) is 34.2 Å². The number of carbonyl (C=O) groups is 3. The van der Waals surface area contributed by atoms with Crippen molar-refractivity contribution in [2.45, 2.75) is 26.3 Å². The van der Waals surface area contributed by atoms with Gasteiger partial charge in [-0.15, -0.1) is 11.3 Å². The number of hydrogen-bond donors (Lipinski definition) is 1. The maximum Gasteiger partial charge on any atom is 0.261 e. The molecule has 4 rings (SSSR count). The van der Waals surface area contributed by atoms with Crippen LogP contribution < -0.4 is 5.32 Å². The van der Waals surface area contributed by atoms with Crippen LogP contribution >= 0.6 is 11.3 Å². The molecule has 1 aliphatic rings. The van der Waals surface area contributed by atoms with Crippen LogP contribution in [0.15, 0.2) is 42.5 Å². The number of imide groups is 1. The Kier molecular flexibility index (Phi) is 4.92. The minimum absolute atomic E-state index is 0.283. The molecule has 3 amide bonds. The lowest BCUT2D eigenvalue weighted by Crippen LogP contribution is -2.30. The normalized spacial score (nSPS) is 13.2. The third-order valence-electron chi connectivity index (χ3n) is 4.71. The number of nitrogens with one attached hydrogen (secondary N) is 1. The number of aromatic nitrogens is 1. The molecule has 2 heterocycles. The van der Waals surface area contributed by atoms with Gasteiger partial charge >= 0.3 is 0 Å². The number of thiazole rings is 1. The van der Waals surface area contributed by atoms with Gasteiger partial charge in [-0.1, -0.05) is 25.5 Å². The van der Waals surface area contributed by atoms with Gasteiger partial charge in [0, 0.05) is 12.1 Å². The fourth-order valence-corrected chi connectivity index (χ4v) is 4.11. The fraction of sp³-hybridized carbons (Fsp3) is 0.238. The Morgan fingerprint density at radius 3 is 2.68 bits per heavy atom. The number of benzene rings is 2. The van der Waals surface area contributed by atoms with E-state index in [-0.39, 0.29) is 17.7 Å². The van der Waals surface area contributed by atoms with Crippen molar-refractivity contribution in [2.24, 2.45) is 0 Å². The van der Waals surface area contributed by atoms with Crippen LogP contribution in [0.4, 0.5) is 0 Å². The summed E-state index contributed by atoms with van der Waals surface area (Å²) in [5, 5.41) is 3.65. The summed E-state index contributed by atoms with van der Waals surface area (Å²) in [6.07, 6.45) is 1.66. The molecule has 1 aromatic heterocycles. The second-order valence-electron chi connectivity index (χ2n) is 6.63. The zero-order valence-electron chi connectivity index (χ0n) is 15.4. The van der Waals surface area contributed by atoms with Crippen molar-refractivity contribution in [3.05, 3.63) is 64.2 Å². The monoisotopic (exact) mass is 393 g/mol. The first-order valence-electron chi connectivity index (χ1n) is 9.21.